The second kappa shape index (κ2) is 4.90. The van der Waals surface area contributed by atoms with Gasteiger partial charge in [-0.2, -0.15) is 5.10 Å². The molecule has 2 heterocycles. The number of H-pyrrole nitrogens is 1. The van der Waals surface area contributed by atoms with Gasteiger partial charge in [-0.1, -0.05) is 0 Å². The number of nitrogens with zero attached hydrogens (tertiary/aromatic N) is 2. The highest BCUT2D eigenvalue weighted by Crippen LogP contribution is 2.30. The number of nitrogens with one attached hydrogen (secondary N) is 1. The Morgan fingerprint density at radius 2 is 2.11 bits per heavy atom. The van der Waals surface area contributed by atoms with E-state index in [1.165, 1.54) is 11.3 Å². The van der Waals surface area contributed by atoms with Gasteiger partial charge in [-0.15, -0.1) is 0 Å². The van der Waals surface area contributed by atoms with E-state index in [-0.39, 0.29) is 0 Å². The fraction of sp³-hybridized carbons (Fsp3) is 0.769. The normalized spacial score (nSPS) is 25.2. The molecule has 1 aromatic heterocycles. The van der Waals surface area contributed by atoms with Gasteiger partial charge in [0, 0.05) is 43.9 Å². The highest BCUT2D eigenvalue weighted by Gasteiger charge is 2.27. The molecule has 3 N–H and O–H groups in total. The molecule has 0 saturated carbocycles. The Morgan fingerprint density at radius 1 is 1.33 bits per heavy atom. The summed E-state index contributed by atoms with van der Waals surface area (Å²) in [6, 6.07) is 0.364. The van der Waals surface area contributed by atoms with Crippen LogP contribution < -0.4 is 10.6 Å². The maximum absolute atomic E-state index is 5.96. The molecule has 1 unspecified atom stereocenters. The van der Waals surface area contributed by atoms with E-state index in [0.29, 0.717) is 12.1 Å². The molecular weight excluding hydrogens is 228 g/mol. The first-order valence-electron chi connectivity index (χ1n) is 6.87. The zero-order valence-corrected chi connectivity index (χ0v) is 11.0. The lowest BCUT2D eigenvalue weighted by Gasteiger charge is -2.32. The number of rotatable bonds is 2. The van der Waals surface area contributed by atoms with Crippen LogP contribution in [0, 0.1) is 0 Å². The predicted octanol–water partition coefficient (Wildman–Crippen LogP) is 0.841. The van der Waals surface area contributed by atoms with Crippen molar-refractivity contribution in [3.63, 3.8) is 0 Å². The highest BCUT2D eigenvalue weighted by molar-refractivity contribution is 5.51. The molecule has 1 aliphatic carbocycles. The van der Waals surface area contributed by atoms with Crippen molar-refractivity contribution in [3.05, 3.63) is 11.3 Å². The summed E-state index contributed by atoms with van der Waals surface area (Å²) in [7, 11) is 1.80. The topological polar surface area (TPSA) is 67.2 Å². The summed E-state index contributed by atoms with van der Waals surface area (Å²) < 4.78 is 5.50. The summed E-state index contributed by atoms with van der Waals surface area (Å²) in [6.45, 7) is 2.05. The number of hydrogen-bond donors (Lipinski definition) is 2. The summed E-state index contributed by atoms with van der Waals surface area (Å²) in [5, 5.41) is 7.72. The molecule has 1 atom stereocenters. The van der Waals surface area contributed by atoms with Gasteiger partial charge in [0.25, 0.3) is 0 Å². The van der Waals surface area contributed by atoms with Crippen LogP contribution in [0.5, 0.6) is 0 Å². The van der Waals surface area contributed by atoms with Gasteiger partial charge in [0.1, 0.15) is 0 Å². The van der Waals surface area contributed by atoms with Gasteiger partial charge in [0.05, 0.1) is 6.10 Å². The third-order valence-corrected chi connectivity index (χ3v) is 4.25. The summed E-state index contributed by atoms with van der Waals surface area (Å²) in [5.74, 6) is 1.14. The lowest BCUT2D eigenvalue weighted by atomic mass is 9.94. The van der Waals surface area contributed by atoms with Crippen LogP contribution in [-0.2, 0) is 17.6 Å². The summed E-state index contributed by atoms with van der Waals surface area (Å²) >= 11 is 0. The quantitative estimate of drug-likeness (QED) is 0.816. The number of methoxy groups -OCH3 is 1. The second-order valence-electron chi connectivity index (χ2n) is 5.43. The smallest absolute Gasteiger partial charge is 0.153 e. The van der Waals surface area contributed by atoms with E-state index in [9.17, 15) is 0 Å². The average Bonchev–Trinajstić information content (AvgIpc) is 2.82. The van der Waals surface area contributed by atoms with Crippen LogP contribution in [0.2, 0.25) is 0 Å². The number of fused-ring (bicyclic) bond motifs is 1. The molecule has 0 bridgehead atoms. The van der Waals surface area contributed by atoms with E-state index in [1.54, 1.807) is 7.11 Å². The van der Waals surface area contributed by atoms with Gasteiger partial charge in [0.2, 0.25) is 0 Å². The Labute approximate surface area is 108 Å². The van der Waals surface area contributed by atoms with Gasteiger partial charge >= 0.3 is 0 Å². The number of ether oxygens (including phenoxy) is 1. The number of aryl methyl sites for hydroxylation is 1. The third-order valence-electron chi connectivity index (χ3n) is 4.25. The van der Waals surface area contributed by atoms with Crippen molar-refractivity contribution in [2.24, 2.45) is 5.73 Å². The minimum absolute atomic E-state index is 0.348. The molecule has 1 aliphatic heterocycles. The van der Waals surface area contributed by atoms with Crippen molar-refractivity contribution in [1.29, 1.82) is 0 Å². The number of aromatic nitrogens is 2. The minimum atomic E-state index is 0.348. The first-order chi connectivity index (χ1) is 8.78. The maximum atomic E-state index is 5.96. The zero-order chi connectivity index (χ0) is 12.5. The standard InChI is InChI=1S/C13H22N4O/c1-18-10-2-3-12-11(8-10)13(16-15-12)17-6-4-9(14)5-7-17/h9-10H,2-8,14H2,1H3,(H,15,16). The molecule has 1 aromatic rings. The fourth-order valence-electron chi connectivity index (χ4n) is 3.02. The summed E-state index contributed by atoms with van der Waals surface area (Å²) in [6.07, 6.45) is 5.61. The lowest BCUT2D eigenvalue weighted by molar-refractivity contribution is 0.0909. The molecular formula is C13H22N4O. The number of aromatic amines is 1. The number of hydrogen-bond acceptors (Lipinski definition) is 4. The van der Waals surface area contributed by atoms with Crippen molar-refractivity contribution in [2.45, 2.75) is 44.2 Å². The third kappa shape index (κ3) is 2.12. The molecule has 1 fully saturated rings. The molecule has 3 rings (SSSR count). The largest absolute Gasteiger partial charge is 0.381 e. The Balaban J connectivity index is 1.79. The molecule has 0 spiro atoms. The van der Waals surface area contributed by atoms with E-state index in [2.05, 4.69) is 15.1 Å². The number of piperidine rings is 1. The monoisotopic (exact) mass is 250 g/mol. The highest BCUT2D eigenvalue weighted by atomic mass is 16.5. The first kappa shape index (κ1) is 12.0. The predicted molar refractivity (Wildman–Crippen MR) is 70.8 cm³/mol. The van der Waals surface area contributed by atoms with Crippen molar-refractivity contribution in [1.82, 2.24) is 10.2 Å². The Morgan fingerprint density at radius 3 is 2.83 bits per heavy atom. The molecule has 0 amide bonds. The zero-order valence-electron chi connectivity index (χ0n) is 11.0. The van der Waals surface area contributed by atoms with Crippen LogP contribution in [0.15, 0.2) is 0 Å². The molecule has 5 nitrogen and oxygen atoms in total. The van der Waals surface area contributed by atoms with Gasteiger partial charge < -0.3 is 15.4 Å². The van der Waals surface area contributed by atoms with Crippen LogP contribution in [0.4, 0.5) is 5.82 Å². The van der Waals surface area contributed by atoms with Crippen molar-refractivity contribution in [3.8, 4) is 0 Å². The SMILES string of the molecule is COC1CCc2[nH]nc(N3CCC(N)CC3)c2C1. The molecule has 0 radical (unpaired) electrons. The summed E-state index contributed by atoms with van der Waals surface area (Å²) in [5.41, 5.74) is 8.62. The van der Waals surface area contributed by atoms with Gasteiger partial charge in [-0.25, -0.2) is 0 Å². The molecule has 100 valence electrons. The molecule has 1 saturated heterocycles. The number of anilines is 1. The van der Waals surface area contributed by atoms with E-state index in [0.717, 1.165) is 51.0 Å². The van der Waals surface area contributed by atoms with Gasteiger partial charge in [-0.3, -0.25) is 5.10 Å². The fourth-order valence-corrected chi connectivity index (χ4v) is 3.02. The van der Waals surface area contributed by atoms with Gasteiger partial charge in [-0.05, 0) is 25.7 Å². The Hall–Kier alpha value is -1.07. The van der Waals surface area contributed by atoms with E-state index >= 15 is 0 Å². The molecule has 18 heavy (non-hydrogen) atoms. The van der Waals surface area contributed by atoms with E-state index < -0.39 is 0 Å². The molecule has 5 heteroatoms. The average molecular weight is 250 g/mol. The number of nitrogens with two attached hydrogens (primary N) is 1. The van der Waals surface area contributed by atoms with Crippen molar-refractivity contribution in [2.75, 3.05) is 25.1 Å². The van der Waals surface area contributed by atoms with E-state index in [1.807, 2.05) is 0 Å². The Kier molecular flexibility index (Phi) is 3.26. The van der Waals surface area contributed by atoms with Crippen LogP contribution >= 0.6 is 0 Å². The minimum Gasteiger partial charge on any atom is -0.381 e. The van der Waals surface area contributed by atoms with Crippen LogP contribution in [0.3, 0.4) is 0 Å². The first-order valence-corrected chi connectivity index (χ1v) is 6.87. The van der Waals surface area contributed by atoms with Crippen LogP contribution in [-0.4, -0.2) is 42.5 Å². The molecule has 2 aliphatic rings. The van der Waals surface area contributed by atoms with Crippen LogP contribution in [0.25, 0.3) is 0 Å². The summed E-state index contributed by atoms with van der Waals surface area (Å²) in [4.78, 5) is 2.37. The van der Waals surface area contributed by atoms with Crippen LogP contribution in [0.1, 0.15) is 30.5 Å². The molecule has 0 aromatic carbocycles. The van der Waals surface area contributed by atoms with Crippen molar-refractivity contribution < 1.29 is 4.74 Å². The van der Waals surface area contributed by atoms with E-state index in [4.69, 9.17) is 10.5 Å². The lowest BCUT2D eigenvalue weighted by Crippen LogP contribution is -2.40. The van der Waals surface area contributed by atoms with Gasteiger partial charge in [0.15, 0.2) is 5.82 Å². The second-order valence-corrected chi connectivity index (χ2v) is 5.43. The Bertz CT molecular complexity index is 409. The van der Waals surface area contributed by atoms with Crippen molar-refractivity contribution >= 4 is 5.82 Å². The maximum Gasteiger partial charge on any atom is 0.153 e.